The molecule has 0 amide bonds. The Hall–Kier alpha value is -1.82. The van der Waals surface area contributed by atoms with Crippen molar-refractivity contribution in [2.75, 3.05) is 0 Å². The molecule has 0 radical (unpaired) electrons. The standard InChI is InChI=1S/C13H13NO2/c14-9-10-2-4-11(5-3-10)13(6-1-7-13)8-12(15)16/h2-5H,1,6-8H2,(H,15,16). The molecular weight excluding hydrogens is 202 g/mol. The van der Waals surface area contributed by atoms with E-state index in [9.17, 15) is 4.79 Å². The largest absolute Gasteiger partial charge is 0.481 e. The number of benzene rings is 1. The molecule has 1 aliphatic carbocycles. The molecule has 16 heavy (non-hydrogen) atoms. The van der Waals surface area contributed by atoms with E-state index in [-0.39, 0.29) is 11.8 Å². The van der Waals surface area contributed by atoms with Crippen molar-refractivity contribution in [1.82, 2.24) is 0 Å². The average Bonchev–Trinajstić information content (AvgIpc) is 2.23. The zero-order valence-corrected chi connectivity index (χ0v) is 8.94. The first-order valence-corrected chi connectivity index (χ1v) is 5.39. The lowest BCUT2D eigenvalue weighted by Crippen LogP contribution is -2.36. The number of carbonyl (C=O) groups is 1. The monoisotopic (exact) mass is 215 g/mol. The van der Waals surface area contributed by atoms with Crippen LogP contribution >= 0.6 is 0 Å². The van der Waals surface area contributed by atoms with Crippen LogP contribution in [0.5, 0.6) is 0 Å². The van der Waals surface area contributed by atoms with Gasteiger partial charge < -0.3 is 5.11 Å². The molecule has 0 bridgehead atoms. The number of hydrogen-bond donors (Lipinski definition) is 1. The minimum Gasteiger partial charge on any atom is -0.481 e. The van der Waals surface area contributed by atoms with Crippen LogP contribution in [0.25, 0.3) is 0 Å². The van der Waals surface area contributed by atoms with Gasteiger partial charge in [-0.25, -0.2) is 0 Å². The van der Waals surface area contributed by atoms with Gasteiger partial charge in [0, 0.05) is 5.41 Å². The van der Waals surface area contributed by atoms with E-state index in [4.69, 9.17) is 10.4 Å². The van der Waals surface area contributed by atoms with Crippen LogP contribution in [0.4, 0.5) is 0 Å². The lowest BCUT2D eigenvalue weighted by atomic mass is 9.62. The van der Waals surface area contributed by atoms with Crippen LogP contribution in [-0.4, -0.2) is 11.1 Å². The van der Waals surface area contributed by atoms with E-state index < -0.39 is 5.97 Å². The highest BCUT2D eigenvalue weighted by molar-refractivity contribution is 5.69. The number of hydrogen-bond acceptors (Lipinski definition) is 2. The van der Waals surface area contributed by atoms with Gasteiger partial charge >= 0.3 is 5.97 Å². The third-order valence-corrected chi connectivity index (χ3v) is 3.43. The quantitative estimate of drug-likeness (QED) is 0.842. The van der Waals surface area contributed by atoms with Gasteiger partial charge in [0.15, 0.2) is 0 Å². The van der Waals surface area contributed by atoms with Gasteiger partial charge in [-0.1, -0.05) is 18.6 Å². The number of carboxylic acid groups (broad SMARTS) is 1. The summed E-state index contributed by atoms with van der Waals surface area (Å²) in [4.78, 5) is 10.9. The number of aliphatic carboxylic acids is 1. The van der Waals surface area contributed by atoms with E-state index in [2.05, 4.69) is 6.07 Å². The predicted molar refractivity (Wildman–Crippen MR) is 58.9 cm³/mol. The Morgan fingerprint density at radius 3 is 2.38 bits per heavy atom. The summed E-state index contributed by atoms with van der Waals surface area (Å²) in [5.74, 6) is -0.746. The molecule has 1 aromatic rings. The van der Waals surface area contributed by atoms with Gasteiger partial charge in [-0.15, -0.1) is 0 Å². The fourth-order valence-electron chi connectivity index (χ4n) is 2.36. The Morgan fingerprint density at radius 1 is 1.38 bits per heavy atom. The molecule has 0 aliphatic heterocycles. The molecule has 0 saturated heterocycles. The molecule has 0 atom stereocenters. The second-order valence-electron chi connectivity index (χ2n) is 4.39. The van der Waals surface area contributed by atoms with Gasteiger partial charge in [-0.3, -0.25) is 4.79 Å². The third kappa shape index (κ3) is 1.79. The average molecular weight is 215 g/mol. The van der Waals surface area contributed by atoms with Crippen LogP contribution in [0.1, 0.15) is 36.8 Å². The minimum absolute atomic E-state index is 0.181. The first kappa shape index (κ1) is 10.7. The van der Waals surface area contributed by atoms with Gasteiger partial charge in [0.05, 0.1) is 18.1 Å². The molecule has 1 fully saturated rings. The molecule has 2 rings (SSSR count). The summed E-state index contributed by atoms with van der Waals surface area (Å²) in [5.41, 5.74) is 1.49. The van der Waals surface area contributed by atoms with Crippen molar-refractivity contribution >= 4 is 5.97 Å². The molecule has 3 heteroatoms. The highest BCUT2D eigenvalue weighted by atomic mass is 16.4. The van der Waals surface area contributed by atoms with E-state index >= 15 is 0 Å². The molecule has 0 heterocycles. The maximum absolute atomic E-state index is 10.9. The number of rotatable bonds is 3. The van der Waals surface area contributed by atoms with Crippen LogP contribution in [0.15, 0.2) is 24.3 Å². The molecule has 1 aliphatic rings. The summed E-state index contributed by atoms with van der Waals surface area (Å²) in [6.07, 6.45) is 3.16. The minimum atomic E-state index is -0.746. The summed E-state index contributed by atoms with van der Waals surface area (Å²) in [6.45, 7) is 0. The molecular formula is C13H13NO2. The molecule has 0 spiro atoms. The topological polar surface area (TPSA) is 61.1 Å². The Balaban J connectivity index is 2.27. The van der Waals surface area contributed by atoms with Crippen LogP contribution in [0, 0.1) is 11.3 Å². The van der Waals surface area contributed by atoms with Crippen molar-refractivity contribution in [2.24, 2.45) is 0 Å². The van der Waals surface area contributed by atoms with E-state index in [0.717, 1.165) is 24.8 Å². The second kappa shape index (κ2) is 3.97. The molecule has 1 N–H and O–H groups in total. The highest BCUT2D eigenvalue weighted by Gasteiger charge is 2.40. The fourth-order valence-corrected chi connectivity index (χ4v) is 2.36. The summed E-state index contributed by atoms with van der Waals surface area (Å²) in [6, 6.07) is 9.37. The van der Waals surface area contributed by atoms with Crippen LogP contribution < -0.4 is 0 Å². The van der Waals surface area contributed by atoms with Gasteiger partial charge in [-0.2, -0.15) is 5.26 Å². The zero-order chi connectivity index (χ0) is 11.6. The van der Waals surface area contributed by atoms with Crippen molar-refractivity contribution in [1.29, 1.82) is 5.26 Å². The molecule has 0 aromatic heterocycles. The fraction of sp³-hybridized carbons (Fsp3) is 0.385. The Labute approximate surface area is 94.3 Å². The predicted octanol–water partition coefficient (Wildman–Crippen LogP) is 2.45. The Morgan fingerprint density at radius 2 is 2.00 bits per heavy atom. The van der Waals surface area contributed by atoms with E-state index in [1.807, 2.05) is 12.1 Å². The van der Waals surface area contributed by atoms with Crippen molar-refractivity contribution < 1.29 is 9.90 Å². The summed E-state index contributed by atoms with van der Waals surface area (Å²) < 4.78 is 0. The number of nitrogens with zero attached hydrogens (tertiary/aromatic N) is 1. The van der Waals surface area contributed by atoms with Crippen molar-refractivity contribution in [3.05, 3.63) is 35.4 Å². The summed E-state index contributed by atoms with van der Waals surface area (Å²) in [5, 5.41) is 17.6. The van der Waals surface area contributed by atoms with Gasteiger partial charge in [0.1, 0.15) is 0 Å². The van der Waals surface area contributed by atoms with Crippen molar-refractivity contribution in [3.63, 3.8) is 0 Å². The smallest absolute Gasteiger partial charge is 0.304 e. The van der Waals surface area contributed by atoms with Crippen LogP contribution in [0.2, 0.25) is 0 Å². The lowest BCUT2D eigenvalue weighted by molar-refractivity contribution is -0.139. The molecule has 3 nitrogen and oxygen atoms in total. The normalized spacial score (nSPS) is 17.2. The Kier molecular flexibility index (Phi) is 2.66. The molecule has 1 aromatic carbocycles. The number of carboxylic acids is 1. The van der Waals surface area contributed by atoms with E-state index in [1.54, 1.807) is 12.1 Å². The van der Waals surface area contributed by atoms with Crippen LogP contribution in [0.3, 0.4) is 0 Å². The zero-order valence-electron chi connectivity index (χ0n) is 8.94. The van der Waals surface area contributed by atoms with E-state index in [1.165, 1.54) is 0 Å². The first-order valence-electron chi connectivity index (χ1n) is 5.39. The lowest BCUT2D eigenvalue weighted by Gasteiger charge is -2.41. The SMILES string of the molecule is N#Cc1ccc(C2(CC(=O)O)CCC2)cc1. The highest BCUT2D eigenvalue weighted by Crippen LogP contribution is 2.46. The van der Waals surface area contributed by atoms with Gasteiger partial charge in [0.2, 0.25) is 0 Å². The molecule has 82 valence electrons. The van der Waals surface area contributed by atoms with Crippen molar-refractivity contribution in [2.45, 2.75) is 31.1 Å². The van der Waals surface area contributed by atoms with Gasteiger partial charge in [0.25, 0.3) is 0 Å². The number of nitriles is 1. The van der Waals surface area contributed by atoms with Crippen LogP contribution in [-0.2, 0) is 10.2 Å². The second-order valence-corrected chi connectivity index (χ2v) is 4.39. The third-order valence-electron chi connectivity index (χ3n) is 3.43. The Bertz CT molecular complexity index is 438. The van der Waals surface area contributed by atoms with Crippen molar-refractivity contribution in [3.8, 4) is 6.07 Å². The van der Waals surface area contributed by atoms with E-state index in [0.29, 0.717) is 5.56 Å². The molecule has 0 unspecified atom stereocenters. The maximum Gasteiger partial charge on any atom is 0.304 e. The summed E-state index contributed by atoms with van der Waals surface area (Å²) in [7, 11) is 0. The summed E-state index contributed by atoms with van der Waals surface area (Å²) >= 11 is 0. The van der Waals surface area contributed by atoms with Gasteiger partial charge in [-0.05, 0) is 30.5 Å². The first-order chi connectivity index (χ1) is 7.66. The molecule has 1 saturated carbocycles. The maximum atomic E-state index is 10.9.